The average molecular weight is 154 g/mol. The molecule has 10 heavy (non-hydrogen) atoms. The molecule has 2 rings (SSSR count). The fraction of sp³-hybridized carbons (Fsp3) is 0.400. The predicted octanol–water partition coefficient (Wildman–Crippen LogP) is -0.729. The summed E-state index contributed by atoms with van der Waals surface area (Å²) in [7, 11) is 0. The van der Waals surface area contributed by atoms with E-state index in [2.05, 4.69) is 20.6 Å². The quantitative estimate of drug-likeness (QED) is 0.452. The van der Waals surface area contributed by atoms with Crippen molar-refractivity contribution in [3.8, 4) is 0 Å². The summed E-state index contributed by atoms with van der Waals surface area (Å²) in [5.41, 5.74) is 0. The van der Waals surface area contributed by atoms with E-state index >= 15 is 0 Å². The number of fused-ring (bicyclic) bond motifs is 1. The van der Waals surface area contributed by atoms with Crippen molar-refractivity contribution in [2.75, 3.05) is 0 Å². The second kappa shape index (κ2) is 2.02. The highest BCUT2D eigenvalue weighted by atomic mass is 32.1. The van der Waals surface area contributed by atoms with Crippen LogP contribution in [0.1, 0.15) is 0 Å². The van der Waals surface area contributed by atoms with Gasteiger partial charge < -0.3 is 10.6 Å². The minimum atomic E-state index is -0.0336. The molecule has 0 aliphatic carbocycles. The van der Waals surface area contributed by atoms with E-state index in [4.69, 9.17) is 12.2 Å². The highest BCUT2D eigenvalue weighted by molar-refractivity contribution is 7.80. The average Bonchev–Trinajstić information content (AvgIpc) is 2.36. The zero-order valence-electron chi connectivity index (χ0n) is 5.11. The highest BCUT2D eigenvalue weighted by Crippen LogP contribution is 2.08. The van der Waals surface area contributed by atoms with Gasteiger partial charge in [-0.2, -0.15) is 0 Å². The summed E-state index contributed by atoms with van der Waals surface area (Å²) in [5, 5.41) is 5.85. The SMILES string of the molecule is S=C1NC=N[C@@H]2N=CN[C@H]12. The minimum Gasteiger partial charge on any atom is -0.364 e. The topological polar surface area (TPSA) is 48.8 Å². The maximum absolute atomic E-state index is 5.00. The van der Waals surface area contributed by atoms with Gasteiger partial charge in [0, 0.05) is 0 Å². The molecule has 2 N–H and O–H groups in total. The van der Waals surface area contributed by atoms with Crippen molar-refractivity contribution in [3.63, 3.8) is 0 Å². The smallest absolute Gasteiger partial charge is 0.169 e. The first-order chi connectivity index (χ1) is 4.88. The molecule has 0 fully saturated rings. The van der Waals surface area contributed by atoms with Crippen LogP contribution in [-0.4, -0.2) is 29.9 Å². The molecule has 2 aliphatic heterocycles. The van der Waals surface area contributed by atoms with Crippen LogP contribution in [0.3, 0.4) is 0 Å². The fourth-order valence-corrected chi connectivity index (χ4v) is 1.22. The van der Waals surface area contributed by atoms with Gasteiger partial charge in [0.2, 0.25) is 0 Å². The number of hydrogen-bond donors (Lipinski definition) is 2. The van der Waals surface area contributed by atoms with Crippen molar-refractivity contribution in [1.29, 1.82) is 0 Å². The zero-order valence-corrected chi connectivity index (χ0v) is 5.93. The maximum atomic E-state index is 5.00. The summed E-state index contributed by atoms with van der Waals surface area (Å²) in [4.78, 5) is 8.87. The zero-order chi connectivity index (χ0) is 6.97. The molecule has 0 aromatic carbocycles. The Morgan fingerprint density at radius 2 is 2.20 bits per heavy atom. The van der Waals surface area contributed by atoms with E-state index in [1.54, 1.807) is 12.7 Å². The van der Waals surface area contributed by atoms with Gasteiger partial charge in [0.15, 0.2) is 6.17 Å². The van der Waals surface area contributed by atoms with Crippen LogP contribution in [0.4, 0.5) is 0 Å². The molecular weight excluding hydrogens is 148 g/mol. The molecule has 4 nitrogen and oxygen atoms in total. The Morgan fingerprint density at radius 3 is 3.00 bits per heavy atom. The van der Waals surface area contributed by atoms with Crippen molar-refractivity contribution >= 4 is 29.9 Å². The van der Waals surface area contributed by atoms with E-state index in [1.807, 2.05) is 0 Å². The van der Waals surface area contributed by atoms with E-state index in [-0.39, 0.29) is 12.2 Å². The third kappa shape index (κ3) is 0.706. The molecule has 0 saturated carbocycles. The van der Waals surface area contributed by atoms with E-state index in [0.717, 1.165) is 4.99 Å². The maximum Gasteiger partial charge on any atom is 0.169 e. The molecule has 2 aliphatic rings. The second-order valence-electron chi connectivity index (χ2n) is 2.12. The third-order valence-corrected chi connectivity index (χ3v) is 1.87. The summed E-state index contributed by atoms with van der Waals surface area (Å²) in [6.45, 7) is 0. The Kier molecular flexibility index (Phi) is 1.17. The lowest BCUT2D eigenvalue weighted by Gasteiger charge is -2.19. The first-order valence-corrected chi connectivity index (χ1v) is 3.38. The predicted molar refractivity (Wildman–Crippen MR) is 43.4 cm³/mol. The summed E-state index contributed by atoms with van der Waals surface area (Å²) in [6.07, 6.45) is 3.20. The Morgan fingerprint density at radius 1 is 1.40 bits per heavy atom. The number of rotatable bonds is 0. The lowest BCUT2D eigenvalue weighted by molar-refractivity contribution is 0.645. The molecule has 0 aromatic heterocycles. The van der Waals surface area contributed by atoms with Crippen molar-refractivity contribution < 1.29 is 0 Å². The normalized spacial score (nSPS) is 35.0. The van der Waals surface area contributed by atoms with E-state index < -0.39 is 0 Å². The van der Waals surface area contributed by atoms with Crippen LogP contribution < -0.4 is 10.6 Å². The van der Waals surface area contributed by atoms with Crippen LogP contribution in [0.15, 0.2) is 9.98 Å². The molecule has 0 spiro atoms. The molecular formula is C5H6N4S. The van der Waals surface area contributed by atoms with Crippen LogP contribution in [0, 0.1) is 0 Å². The summed E-state index contributed by atoms with van der Waals surface area (Å²) in [5.74, 6) is 0. The summed E-state index contributed by atoms with van der Waals surface area (Å²) < 4.78 is 0. The first-order valence-electron chi connectivity index (χ1n) is 2.97. The highest BCUT2D eigenvalue weighted by Gasteiger charge is 2.28. The van der Waals surface area contributed by atoms with Crippen LogP contribution >= 0.6 is 12.2 Å². The van der Waals surface area contributed by atoms with Gasteiger partial charge in [-0.15, -0.1) is 0 Å². The Labute approximate surface area is 63.4 Å². The molecule has 2 heterocycles. The Bertz CT molecular complexity index is 222. The first kappa shape index (κ1) is 5.79. The molecule has 0 radical (unpaired) electrons. The van der Waals surface area contributed by atoms with Gasteiger partial charge >= 0.3 is 0 Å². The van der Waals surface area contributed by atoms with Crippen LogP contribution in [0.25, 0.3) is 0 Å². The van der Waals surface area contributed by atoms with Crippen molar-refractivity contribution in [2.24, 2.45) is 9.98 Å². The molecule has 5 heteroatoms. The minimum absolute atomic E-state index is 0.0336. The molecule has 0 amide bonds. The number of nitrogens with zero attached hydrogens (tertiary/aromatic N) is 2. The largest absolute Gasteiger partial charge is 0.364 e. The lowest BCUT2D eigenvalue weighted by Crippen LogP contribution is -2.47. The number of nitrogens with one attached hydrogen (secondary N) is 2. The van der Waals surface area contributed by atoms with Gasteiger partial charge in [-0.1, -0.05) is 12.2 Å². The van der Waals surface area contributed by atoms with Gasteiger partial charge in [-0.3, -0.25) is 0 Å². The lowest BCUT2D eigenvalue weighted by atomic mass is 10.2. The molecule has 52 valence electrons. The number of aliphatic imine (C=N–C) groups is 2. The fourth-order valence-electron chi connectivity index (χ4n) is 0.975. The van der Waals surface area contributed by atoms with E-state index in [0.29, 0.717) is 0 Å². The van der Waals surface area contributed by atoms with Crippen LogP contribution in [0.5, 0.6) is 0 Å². The summed E-state index contributed by atoms with van der Waals surface area (Å²) in [6, 6.07) is 0.0833. The van der Waals surface area contributed by atoms with Gasteiger partial charge in [-0.05, 0) is 0 Å². The van der Waals surface area contributed by atoms with Gasteiger partial charge in [0.05, 0.1) is 12.7 Å². The summed E-state index contributed by atoms with van der Waals surface area (Å²) >= 11 is 5.00. The molecule has 2 atom stereocenters. The van der Waals surface area contributed by atoms with Crippen molar-refractivity contribution in [1.82, 2.24) is 10.6 Å². The second-order valence-corrected chi connectivity index (χ2v) is 2.56. The van der Waals surface area contributed by atoms with Crippen LogP contribution in [-0.2, 0) is 0 Å². The van der Waals surface area contributed by atoms with Crippen LogP contribution in [0.2, 0.25) is 0 Å². The number of hydrogen-bond acceptors (Lipinski definition) is 4. The number of thiocarbonyl (C=S) groups is 1. The van der Waals surface area contributed by atoms with Crippen molar-refractivity contribution in [2.45, 2.75) is 12.2 Å². The Balaban J connectivity index is 2.27. The van der Waals surface area contributed by atoms with Crippen molar-refractivity contribution in [3.05, 3.63) is 0 Å². The van der Waals surface area contributed by atoms with E-state index in [1.165, 1.54) is 0 Å². The molecule has 0 aromatic rings. The monoisotopic (exact) mass is 154 g/mol. The van der Waals surface area contributed by atoms with Gasteiger partial charge in [-0.25, -0.2) is 9.98 Å². The van der Waals surface area contributed by atoms with Gasteiger partial charge in [0.1, 0.15) is 11.0 Å². The Hall–Kier alpha value is -0.970. The molecule has 0 unspecified atom stereocenters. The molecule has 0 bridgehead atoms. The molecule has 0 saturated heterocycles. The van der Waals surface area contributed by atoms with E-state index in [9.17, 15) is 0 Å². The standard InChI is InChI=1S/C5H6N4S/c10-5-3-4(7-1-6-3)8-2-9-5/h1-4H,(H,6,7)(H,8,9,10)/t3-,4-/m0/s1. The van der Waals surface area contributed by atoms with Gasteiger partial charge in [0.25, 0.3) is 0 Å². The third-order valence-electron chi connectivity index (χ3n) is 1.50.